The van der Waals surface area contributed by atoms with E-state index in [0.717, 1.165) is 49.7 Å². The number of guanidine groups is 1. The molecule has 0 unspecified atom stereocenters. The van der Waals surface area contributed by atoms with Crippen molar-refractivity contribution in [3.63, 3.8) is 0 Å². The lowest BCUT2D eigenvalue weighted by Crippen LogP contribution is -2.47. The van der Waals surface area contributed by atoms with Gasteiger partial charge in [0.15, 0.2) is 5.96 Å². The lowest BCUT2D eigenvalue weighted by atomic mass is 10.1. The van der Waals surface area contributed by atoms with E-state index < -0.39 is 0 Å². The lowest BCUT2D eigenvalue weighted by Gasteiger charge is -2.34. The van der Waals surface area contributed by atoms with Gasteiger partial charge in [0, 0.05) is 38.0 Å². The number of para-hydroxylation sites is 1. The first-order chi connectivity index (χ1) is 13.7. The van der Waals surface area contributed by atoms with E-state index in [2.05, 4.69) is 10.2 Å². The predicted molar refractivity (Wildman–Crippen MR) is 109 cm³/mol. The van der Waals surface area contributed by atoms with Crippen LogP contribution in [0.25, 0.3) is 0 Å². The van der Waals surface area contributed by atoms with E-state index in [4.69, 9.17) is 9.73 Å². The fourth-order valence-electron chi connectivity index (χ4n) is 3.32. The van der Waals surface area contributed by atoms with Crippen molar-refractivity contribution in [1.29, 1.82) is 0 Å². The van der Waals surface area contributed by atoms with Crippen molar-refractivity contribution in [2.75, 3.05) is 19.6 Å². The van der Waals surface area contributed by atoms with Crippen LogP contribution in [0.1, 0.15) is 30.9 Å². The van der Waals surface area contributed by atoms with E-state index in [1.807, 2.05) is 37.3 Å². The van der Waals surface area contributed by atoms with E-state index in [0.29, 0.717) is 12.1 Å². The number of benzene rings is 2. The van der Waals surface area contributed by atoms with Crippen LogP contribution in [0, 0.1) is 5.82 Å². The summed E-state index contributed by atoms with van der Waals surface area (Å²) in [6.07, 6.45) is 2.08. The summed E-state index contributed by atoms with van der Waals surface area (Å²) in [5.74, 6) is 1.38. The number of rotatable bonds is 6. The average molecular weight is 385 g/mol. The minimum Gasteiger partial charge on any atom is -0.490 e. The maximum atomic E-state index is 13.5. The molecular formula is C22H28FN3O2. The number of halogens is 1. The molecule has 0 atom stereocenters. The molecule has 1 aliphatic rings. The van der Waals surface area contributed by atoms with Crippen molar-refractivity contribution in [3.8, 4) is 5.75 Å². The van der Waals surface area contributed by atoms with Crippen molar-refractivity contribution in [3.05, 3.63) is 65.5 Å². The number of nitrogens with zero attached hydrogens (tertiary/aromatic N) is 2. The van der Waals surface area contributed by atoms with Gasteiger partial charge < -0.3 is 20.1 Å². The standard InChI is InChI=1S/C22H28FN3O2/c1-2-24-22(25-15-17-8-9-21(23)18(14-17)16-27)26-12-10-20(11-13-26)28-19-6-4-3-5-7-19/h3-9,14,20,27H,2,10-13,15-16H2,1H3,(H,24,25). The molecular weight excluding hydrogens is 357 g/mol. The third-order valence-electron chi connectivity index (χ3n) is 4.81. The first kappa shape index (κ1) is 20.1. The van der Waals surface area contributed by atoms with Crippen LogP contribution in [0.4, 0.5) is 4.39 Å². The van der Waals surface area contributed by atoms with Crippen molar-refractivity contribution in [2.24, 2.45) is 4.99 Å². The minimum atomic E-state index is -0.386. The Hall–Kier alpha value is -2.60. The molecule has 1 fully saturated rings. The molecule has 5 nitrogen and oxygen atoms in total. The van der Waals surface area contributed by atoms with E-state index in [1.165, 1.54) is 6.07 Å². The SMILES string of the molecule is CCNC(=NCc1ccc(F)c(CO)c1)N1CCC(Oc2ccccc2)CC1. The van der Waals surface area contributed by atoms with Crippen LogP contribution < -0.4 is 10.1 Å². The summed E-state index contributed by atoms with van der Waals surface area (Å²) in [5.41, 5.74) is 1.18. The maximum absolute atomic E-state index is 13.5. The van der Waals surface area contributed by atoms with E-state index in [9.17, 15) is 9.50 Å². The van der Waals surface area contributed by atoms with Gasteiger partial charge in [-0.05, 0) is 36.8 Å². The van der Waals surface area contributed by atoms with Crippen molar-refractivity contribution < 1.29 is 14.2 Å². The third kappa shape index (κ3) is 5.45. The van der Waals surface area contributed by atoms with E-state index in [1.54, 1.807) is 12.1 Å². The molecule has 0 radical (unpaired) electrons. The van der Waals surface area contributed by atoms with Crippen LogP contribution in [0.15, 0.2) is 53.5 Å². The number of piperidine rings is 1. The summed E-state index contributed by atoms with van der Waals surface area (Å²) in [6, 6.07) is 14.7. The van der Waals surface area contributed by atoms with Crippen molar-refractivity contribution in [2.45, 2.75) is 39.0 Å². The van der Waals surface area contributed by atoms with Gasteiger partial charge >= 0.3 is 0 Å². The first-order valence-electron chi connectivity index (χ1n) is 9.82. The fraction of sp³-hybridized carbons (Fsp3) is 0.409. The smallest absolute Gasteiger partial charge is 0.194 e. The summed E-state index contributed by atoms with van der Waals surface area (Å²) in [4.78, 5) is 6.95. The van der Waals surface area contributed by atoms with Crippen LogP contribution in [0.3, 0.4) is 0 Å². The van der Waals surface area contributed by atoms with Gasteiger partial charge in [0.2, 0.25) is 0 Å². The van der Waals surface area contributed by atoms with Crippen molar-refractivity contribution >= 4 is 5.96 Å². The number of nitrogens with one attached hydrogen (secondary N) is 1. The fourth-order valence-corrected chi connectivity index (χ4v) is 3.32. The quantitative estimate of drug-likeness (QED) is 0.592. The van der Waals surface area contributed by atoms with Gasteiger partial charge in [0.1, 0.15) is 17.7 Å². The molecule has 1 aliphatic heterocycles. The maximum Gasteiger partial charge on any atom is 0.194 e. The number of hydrogen-bond donors (Lipinski definition) is 2. The predicted octanol–water partition coefficient (Wildman–Crippen LogP) is 3.33. The highest BCUT2D eigenvalue weighted by atomic mass is 19.1. The minimum absolute atomic E-state index is 0.214. The Morgan fingerprint density at radius 1 is 1.21 bits per heavy atom. The molecule has 6 heteroatoms. The van der Waals surface area contributed by atoms with Crippen LogP contribution >= 0.6 is 0 Å². The first-order valence-corrected chi connectivity index (χ1v) is 9.82. The molecule has 0 aromatic heterocycles. The molecule has 2 N–H and O–H groups in total. The van der Waals surface area contributed by atoms with Gasteiger partial charge in [-0.15, -0.1) is 0 Å². The van der Waals surface area contributed by atoms with Crippen molar-refractivity contribution in [1.82, 2.24) is 10.2 Å². The Morgan fingerprint density at radius 2 is 1.96 bits per heavy atom. The van der Waals surface area contributed by atoms with Gasteiger partial charge in [0.05, 0.1) is 13.2 Å². The molecule has 1 saturated heterocycles. The molecule has 0 bridgehead atoms. The number of hydrogen-bond acceptors (Lipinski definition) is 3. The molecule has 3 rings (SSSR count). The second-order valence-electron chi connectivity index (χ2n) is 6.87. The molecule has 150 valence electrons. The Balaban J connectivity index is 1.59. The molecule has 0 saturated carbocycles. The summed E-state index contributed by atoms with van der Waals surface area (Å²) in [5, 5.41) is 12.6. The summed E-state index contributed by atoms with van der Waals surface area (Å²) in [6.45, 7) is 4.70. The average Bonchev–Trinajstić information content (AvgIpc) is 2.73. The molecule has 0 amide bonds. The monoisotopic (exact) mass is 385 g/mol. The number of aliphatic hydroxyl groups excluding tert-OH is 1. The highest BCUT2D eigenvalue weighted by molar-refractivity contribution is 5.80. The highest BCUT2D eigenvalue weighted by Gasteiger charge is 2.22. The second-order valence-corrected chi connectivity index (χ2v) is 6.87. The van der Waals surface area contributed by atoms with Crippen LogP contribution in [0.2, 0.25) is 0 Å². The van der Waals surface area contributed by atoms with Gasteiger partial charge in [-0.1, -0.05) is 24.3 Å². The topological polar surface area (TPSA) is 57.1 Å². The largest absolute Gasteiger partial charge is 0.490 e. The van der Waals surface area contributed by atoms with Crippen LogP contribution in [-0.2, 0) is 13.2 Å². The Bertz CT molecular complexity index is 775. The van der Waals surface area contributed by atoms with Crippen LogP contribution in [0.5, 0.6) is 5.75 Å². The number of ether oxygens (including phenoxy) is 1. The number of aliphatic hydroxyl groups is 1. The Labute approximate surface area is 165 Å². The zero-order chi connectivity index (χ0) is 19.8. The zero-order valence-electron chi connectivity index (χ0n) is 16.3. The number of aliphatic imine (C=N–C) groups is 1. The molecule has 0 aliphatic carbocycles. The highest BCUT2D eigenvalue weighted by Crippen LogP contribution is 2.19. The molecule has 2 aromatic carbocycles. The third-order valence-corrected chi connectivity index (χ3v) is 4.81. The van der Waals surface area contributed by atoms with Gasteiger partial charge in [-0.2, -0.15) is 0 Å². The molecule has 1 heterocycles. The summed E-state index contributed by atoms with van der Waals surface area (Å²) in [7, 11) is 0. The zero-order valence-corrected chi connectivity index (χ0v) is 16.3. The Kier molecular flexibility index (Phi) is 7.25. The van der Waals surface area contributed by atoms with E-state index >= 15 is 0 Å². The Morgan fingerprint density at radius 3 is 2.64 bits per heavy atom. The molecule has 2 aromatic rings. The second kappa shape index (κ2) is 10.1. The van der Waals surface area contributed by atoms with E-state index in [-0.39, 0.29) is 18.5 Å². The lowest BCUT2D eigenvalue weighted by molar-refractivity contribution is 0.129. The summed E-state index contributed by atoms with van der Waals surface area (Å²) >= 11 is 0. The van der Waals surface area contributed by atoms with Gasteiger partial charge in [-0.25, -0.2) is 9.38 Å². The molecule has 0 spiro atoms. The molecule has 28 heavy (non-hydrogen) atoms. The number of likely N-dealkylation sites (tertiary alicyclic amines) is 1. The van der Waals surface area contributed by atoms with Crippen LogP contribution in [-0.4, -0.2) is 41.7 Å². The normalized spacial score (nSPS) is 15.5. The summed E-state index contributed by atoms with van der Waals surface area (Å²) < 4.78 is 19.6. The van der Waals surface area contributed by atoms with Gasteiger partial charge in [-0.3, -0.25) is 0 Å². The van der Waals surface area contributed by atoms with Gasteiger partial charge in [0.25, 0.3) is 0 Å².